The van der Waals surface area contributed by atoms with E-state index in [9.17, 15) is 26.0 Å². The molecule has 0 amide bonds. The minimum atomic E-state index is -4.60. The van der Waals surface area contributed by atoms with Crippen LogP contribution in [0.15, 0.2) is 24.3 Å². The minimum absolute atomic E-state index is 0.0192. The van der Waals surface area contributed by atoms with Crippen molar-refractivity contribution in [1.82, 2.24) is 0 Å². The number of rotatable bonds is 1. The van der Waals surface area contributed by atoms with Crippen molar-refractivity contribution in [2.24, 2.45) is 0 Å². The van der Waals surface area contributed by atoms with Crippen LogP contribution in [0.2, 0.25) is 0 Å². The fourth-order valence-corrected chi connectivity index (χ4v) is 5.28. The maximum atomic E-state index is 13.3. The molecule has 2 nitrogen and oxygen atoms in total. The van der Waals surface area contributed by atoms with Gasteiger partial charge in [0.1, 0.15) is 5.82 Å². The smallest absolute Gasteiger partial charge is 0.228 e. The van der Waals surface area contributed by atoms with E-state index in [1.54, 1.807) is 0 Å². The molecule has 2 heterocycles. The average molecular weight is 320 g/mol. The van der Waals surface area contributed by atoms with Crippen LogP contribution in [-0.4, -0.2) is 18.9 Å². The second-order valence-electron chi connectivity index (χ2n) is 5.41. The zero-order valence-electron chi connectivity index (χ0n) is 10.8. The predicted octanol–water partition coefficient (Wildman–Crippen LogP) is 3.58. The first-order valence-electron chi connectivity index (χ1n) is 6.50. The zero-order chi connectivity index (χ0) is 15.4. The molecule has 21 heavy (non-hydrogen) atoms. The van der Waals surface area contributed by atoms with Crippen molar-refractivity contribution in [3.63, 3.8) is 0 Å². The van der Waals surface area contributed by atoms with Gasteiger partial charge in [-0.2, -0.15) is 13.2 Å². The summed E-state index contributed by atoms with van der Waals surface area (Å²) in [5.74, 6) is -0.764. The first kappa shape index (κ1) is 14.6. The summed E-state index contributed by atoms with van der Waals surface area (Å²) in [6.07, 6.45) is -2.34. The van der Waals surface area contributed by atoms with Gasteiger partial charge in [0.25, 0.3) is 0 Å². The van der Waals surface area contributed by atoms with Crippen LogP contribution in [0, 0.1) is 5.82 Å². The molecule has 0 N–H and O–H groups in total. The fraction of sp³-hybridized carbons (Fsp3) is 0.429. The van der Waals surface area contributed by atoms with Gasteiger partial charge in [0.15, 0.2) is 9.84 Å². The Morgan fingerprint density at radius 2 is 1.86 bits per heavy atom. The van der Waals surface area contributed by atoms with Gasteiger partial charge in [0.05, 0.1) is 16.1 Å². The lowest BCUT2D eigenvalue weighted by Gasteiger charge is -2.23. The Bertz CT molecular complexity index is 719. The van der Waals surface area contributed by atoms with E-state index in [2.05, 4.69) is 0 Å². The summed E-state index contributed by atoms with van der Waals surface area (Å²) in [4.78, 5) is 0. The van der Waals surface area contributed by atoms with Gasteiger partial charge >= 0.3 is 6.18 Å². The van der Waals surface area contributed by atoms with Crippen molar-refractivity contribution < 1.29 is 26.0 Å². The summed E-state index contributed by atoms with van der Waals surface area (Å²) in [5.41, 5.74) is -0.882. The van der Waals surface area contributed by atoms with E-state index in [4.69, 9.17) is 0 Å². The van der Waals surface area contributed by atoms with Crippen LogP contribution in [0.3, 0.4) is 0 Å². The second kappa shape index (κ2) is 4.56. The van der Waals surface area contributed by atoms with E-state index in [1.807, 2.05) is 0 Å². The average Bonchev–Trinajstić information content (AvgIpc) is 2.56. The topological polar surface area (TPSA) is 34.1 Å². The highest BCUT2D eigenvalue weighted by Crippen LogP contribution is 2.44. The summed E-state index contributed by atoms with van der Waals surface area (Å²) in [5, 5.41) is -1.39. The van der Waals surface area contributed by atoms with Crippen LogP contribution in [0.4, 0.5) is 17.6 Å². The summed E-state index contributed by atoms with van der Waals surface area (Å²) in [6.45, 7) is 0. The first-order chi connectivity index (χ1) is 9.69. The van der Waals surface area contributed by atoms with Gasteiger partial charge in [-0.25, -0.2) is 12.8 Å². The quantitative estimate of drug-likeness (QED) is 0.741. The van der Waals surface area contributed by atoms with Gasteiger partial charge in [-0.1, -0.05) is 6.08 Å². The highest BCUT2D eigenvalue weighted by molar-refractivity contribution is 7.93. The molecule has 0 spiro atoms. The van der Waals surface area contributed by atoms with Crippen molar-refractivity contribution in [3.05, 3.63) is 41.2 Å². The van der Waals surface area contributed by atoms with Crippen LogP contribution >= 0.6 is 0 Å². The Morgan fingerprint density at radius 1 is 1.14 bits per heavy atom. The van der Waals surface area contributed by atoms with Crippen molar-refractivity contribution in [3.8, 4) is 0 Å². The SMILES string of the molecule is O=S1(=O)C2C=C(c3cc(F)ccc3C(F)(F)F)CC1CC2. The Hall–Kier alpha value is -1.37. The number of fused-ring (bicyclic) bond motifs is 2. The van der Waals surface area contributed by atoms with E-state index >= 15 is 0 Å². The van der Waals surface area contributed by atoms with E-state index in [-0.39, 0.29) is 17.6 Å². The molecule has 0 aromatic heterocycles. The lowest BCUT2D eigenvalue weighted by Crippen LogP contribution is -2.26. The van der Waals surface area contributed by atoms with Crippen molar-refractivity contribution in [2.45, 2.75) is 35.9 Å². The predicted molar refractivity (Wildman–Crippen MR) is 69.7 cm³/mol. The lowest BCUT2D eigenvalue weighted by molar-refractivity contribution is -0.137. The third kappa shape index (κ3) is 2.37. The van der Waals surface area contributed by atoms with Gasteiger partial charge < -0.3 is 0 Å². The third-order valence-corrected chi connectivity index (χ3v) is 6.67. The molecular formula is C14H12F4O2S. The molecule has 0 radical (unpaired) electrons. The van der Waals surface area contributed by atoms with Crippen LogP contribution in [-0.2, 0) is 16.0 Å². The zero-order valence-corrected chi connectivity index (χ0v) is 11.6. The van der Waals surface area contributed by atoms with Gasteiger partial charge in [-0.15, -0.1) is 0 Å². The summed E-state index contributed by atoms with van der Waals surface area (Å²) in [7, 11) is -3.28. The van der Waals surface area contributed by atoms with Crippen molar-refractivity contribution >= 4 is 15.4 Å². The molecule has 1 aromatic rings. The first-order valence-corrected chi connectivity index (χ1v) is 8.11. The Labute approximate surface area is 119 Å². The molecule has 2 atom stereocenters. The van der Waals surface area contributed by atoms with Gasteiger partial charge in [-0.05, 0) is 48.6 Å². The largest absolute Gasteiger partial charge is 0.416 e. The van der Waals surface area contributed by atoms with E-state index in [1.165, 1.54) is 6.08 Å². The monoisotopic (exact) mass is 320 g/mol. The number of hydrogen-bond acceptors (Lipinski definition) is 2. The Kier molecular flexibility index (Phi) is 3.16. The summed E-state index contributed by atoms with van der Waals surface area (Å²) in [6, 6.07) is 2.31. The molecule has 0 saturated carbocycles. The summed E-state index contributed by atoms with van der Waals surface area (Å²) >= 11 is 0. The highest BCUT2D eigenvalue weighted by atomic mass is 32.2. The molecular weight excluding hydrogens is 308 g/mol. The van der Waals surface area contributed by atoms with Crippen LogP contribution in [0.1, 0.15) is 30.4 Å². The van der Waals surface area contributed by atoms with Crippen molar-refractivity contribution in [1.29, 1.82) is 0 Å². The molecule has 1 saturated heterocycles. The number of benzene rings is 1. The lowest BCUT2D eigenvalue weighted by atomic mass is 9.95. The maximum absolute atomic E-state index is 13.3. The van der Waals surface area contributed by atoms with E-state index in [0.29, 0.717) is 18.9 Å². The molecule has 114 valence electrons. The number of halogens is 4. The Morgan fingerprint density at radius 3 is 2.48 bits per heavy atom. The molecule has 2 aliphatic heterocycles. The number of sulfone groups is 1. The molecule has 3 rings (SSSR count). The molecule has 1 fully saturated rings. The molecule has 1 aromatic carbocycles. The Balaban J connectivity index is 2.12. The van der Waals surface area contributed by atoms with E-state index < -0.39 is 37.9 Å². The van der Waals surface area contributed by atoms with E-state index in [0.717, 1.165) is 12.1 Å². The second-order valence-corrected chi connectivity index (χ2v) is 7.86. The van der Waals surface area contributed by atoms with Crippen LogP contribution in [0.5, 0.6) is 0 Å². The van der Waals surface area contributed by atoms with Gasteiger partial charge in [-0.3, -0.25) is 0 Å². The maximum Gasteiger partial charge on any atom is 0.416 e. The standard InChI is InChI=1S/C14H12F4O2S/c15-9-1-4-13(14(16,17)18)12(7-9)8-5-10-2-3-11(6-8)21(10,19)20/h1,4-5,7,10-11H,2-3,6H2. The van der Waals surface area contributed by atoms with Gasteiger partial charge in [0, 0.05) is 0 Å². The number of alkyl halides is 3. The molecule has 2 bridgehead atoms. The number of allylic oxidation sites excluding steroid dienone is 1. The van der Waals surface area contributed by atoms with Crippen LogP contribution in [0.25, 0.3) is 5.57 Å². The minimum Gasteiger partial charge on any atom is -0.228 e. The molecule has 2 unspecified atom stereocenters. The van der Waals surface area contributed by atoms with Gasteiger partial charge in [0.2, 0.25) is 0 Å². The fourth-order valence-electron chi connectivity index (χ4n) is 3.09. The molecule has 7 heteroatoms. The van der Waals surface area contributed by atoms with Crippen LogP contribution < -0.4 is 0 Å². The normalized spacial score (nSPS) is 27.5. The number of hydrogen-bond donors (Lipinski definition) is 0. The molecule has 2 aliphatic rings. The summed E-state index contributed by atoms with van der Waals surface area (Å²) < 4.78 is 76.3. The molecule has 0 aliphatic carbocycles. The highest BCUT2D eigenvalue weighted by Gasteiger charge is 2.44. The van der Waals surface area contributed by atoms with Crippen molar-refractivity contribution in [2.75, 3.05) is 0 Å². The third-order valence-electron chi connectivity index (χ3n) is 4.13.